The number of ether oxygens (including phenoxy) is 6. The molecule has 4 aromatic carbocycles. The van der Waals surface area contributed by atoms with Gasteiger partial charge in [-0.25, -0.2) is 4.98 Å². The number of nitrogens with zero attached hydrogens (tertiary/aromatic N) is 2. The van der Waals surface area contributed by atoms with Crippen LogP contribution in [0, 0.1) is 0 Å². The summed E-state index contributed by atoms with van der Waals surface area (Å²) in [5, 5.41) is 0. The predicted octanol–water partition coefficient (Wildman–Crippen LogP) is 10.2. The molecule has 0 unspecified atom stereocenters. The summed E-state index contributed by atoms with van der Waals surface area (Å²) in [6, 6.07) is 28.9. The molecule has 5 rings (SSSR count). The van der Waals surface area contributed by atoms with Gasteiger partial charge in [-0.2, -0.15) is 0 Å². The number of pyridine rings is 1. The Morgan fingerprint density at radius 3 is 1.27 bits per heavy atom. The minimum Gasteiger partial charge on any atom is -0.494 e. The topological polar surface area (TPSA) is 71.5 Å². The van der Waals surface area contributed by atoms with Crippen LogP contribution in [0.15, 0.2) is 84.9 Å². The van der Waals surface area contributed by atoms with Crippen molar-refractivity contribution in [3.8, 4) is 79.3 Å². The molecule has 51 heavy (non-hydrogen) atoms. The first-order valence-electron chi connectivity index (χ1n) is 17.9. The van der Waals surface area contributed by atoms with Gasteiger partial charge in [0, 0.05) is 44.0 Å². The lowest BCUT2D eigenvalue weighted by molar-refractivity contribution is 0.308. The third kappa shape index (κ3) is 8.51. The van der Waals surface area contributed by atoms with Crippen LogP contribution in [-0.2, 0) is 0 Å². The highest BCUT2D eigenvalue weighted by atomic mass is 16.5. The molecule has 0 saturated carbocycles. The molecule has 8 heteroatoms. The summed E-state index contributed by atoms with van der Waals surface area (Å²) in [5.41, 5.74) is 8.07. The minimum atomic E-state index is 0.450. The summed E-state index contributed by atoms with van der Waals surface area (Å²) in [4.78, 5) is 7.48. The van der Waals surface area contributed by atoms with Crippen LogP contribution in [0.5, 0.6) is 34.5 Å². The molecular weight excluding hydrogens is 640 g/mol. The fourth-order valence-corrected chi connectivity index (χ4v) is 6.07. The fourth-order valence-electron chi connectivity index (χ4n) is 6.07. The van der Waals surface area contributed by atoms with Crippen LogP contribution in [0.4, 0.5) is 5.69 Å². The SMILES string of the molecule is CCOc1cc(OCC)c(-c2cc(-c3cc(N(C)C)ccc3-c3ccccc3)cc(-c3c(OCC)cc(OCC)cc3OCC)n2)c(OCC)c1. The largest absolute Gasteiger partial charge is 0.494 e. The van der Waals surface area contributed by atoms with E-state index in [4.69, 9.17) is 33.4 Å². The molecule has 8 nitrogen and oxygen atoms in total. The third-order valence-corrected chi connectivity index (χ3v) is 8.15. The van der Waals surface area contributed by atoms with Gasteiger partial charge in [-0.05, 0) is 88.1 Å². The molecule has 0 N–H and O–H groups in total. The van der Waals surface area contributed by atoms with Gasteiger partial charge in [-0.3, -0.25) is 0 Å². The van der Waals surface area contributed by atoms with Crippen molar-refractivity contribution in [2.24, 2.45) is 0 Å². The predicted molar refractivity (Wildman–Crippen MR) is 207 cm³/mol. The van der Waals surface area contributed by atoms with E-state index >= 15 is 0 Å². The Bertz CT molecular complexity index is 1770. The lowest BCUT2D eigenvalue weighted by Crippen LogP contribution is -2.08. The zero-order valence-corrected chi connectivity index (χ0v) is 31.2. The van der Waals surface area contributed by atoms with Gasteiger partial charge in [0.05, 0.1) is 62.2 Å². The lowest BCUT2D eigenvalue weighted by Gasteiger charge is -2.22. The molecular formula is C43H50N2O6. The van der Waals surface area contributed by atoms with E-state index in [9.17, 15) is 0 Å². The summed E-state index contributed by atoms with van der Waals surface area (Å²) >= 11 is 0. The van der Waals surface area contributed by atoms with Crippen molar-refractivity contribution in [1.82, 2.24) is 4.98 Å². The Balaban J connectivity index is 1.92. The quantitative estimate of drug-likeness (QED) is 0.0955. The van der Waals surface area contributed by atoms with Crippen LogP contribution in [0.1, 0.15) is 41.5 Å². The Labute approximate surface area is 302 Å². The Hall–Kier alpha value is -5.37. The summed E-state index contributed by atoms with van der Waals surface area (Å²) < 4.78 is 37.1. The fraction of sp³-hybridized carbons (Fsp3) is 0.326. The first-order valence-corrected chi connectivity index (χ1v) is 17.9. The Kier molecular flexibility index (Phi) is 12.7. The molecule has 0 bridgehead atoms. The molecule has 268 valence electrons. The van der Waals surface area contributed by atoms with E-state index in [1.807, 2.05) is 71.9 Å². The Morgan fingerprint density at radius 1 is 0.451 bits per heavy atom. The van der Waals surface area contributed by atoms with Crippen LogP contribution in [0.25, 0.3) is 44.8 Å². The molecule has 0 saturated heterocycles. The molecule has 1 aromatic heterocycles. The van der Waals surface area contributed by atoms with Gasteiger partial charge in [0.2, 0.25) is 0 Å². The van der Waals surface area contributed by atoms with E-state index in [1.165, 1.54) is 0 Å². The molecule has 0 fully saturated rings. The molecule has 0 aliphatic heterocycles. The zero-order valence-electron chi connectivity index (χ0n) is 31.2. The van der Waals surface area contributed by atoms with E-state index in [1.54, 1.807) is 0 Å². The average Bonchev–Trinajstić information content (AvgIpc) is 3.12. The van der Waals surface area contributed by atoms with Crippen LogP contribution >= 0.6 is 0 Å². The molecule has 0 radical (unpaired) electrons. The molecule has 1 heterocycles. The van der Waals surface area contributed by atoms with Crippen molar-refractivity contribution >= 4 is 5.69 Å². The monoisotopic (exact) mass is 690 g/mol. The second-order valence-electron chi connectivity index (χ2n) is 11.8. The van der Waals surface area contributed by atoms with Crippen LogP contribution in [-0.4, -0.2) is 58.7 Å². The number of benzene rings is 4. The summed E-state index contributed by atoms with van der Waals surface area (Å²) in [6.07, 6.45) is 0. The number of rotatable bonds is 17. The van der Waals surface area contributed by atoms with Gasteiger partial charge in [0.15, 0.2) is 0 Å². The molecule has 0 spiro atoms. The van der Waals surface area contributed by atoms with Gasteiger partial charge in [-0.15, -0.1) is 0 Å². The maximum absolute atomic E-state index is 6.29. The number of hydrogen-bond donors (Lipinski definition) is 0. The first kappa shape index (κ1) is 36.9. The van der Waals surface area contributed by atoms with Crippen molar-refractivity contribution in [3.63, 3.8) is 0 Å². The minimum absolute atomic E-state index is 0.450. The van der Waals surface area contributed by atoms with Crippen LogP contribution in [0.3, 0.4) is 0 Å². The van der Waals surface area contributed by atoms with Crippen molar-refractivity contribution < 1.29 is 28.4 Å². The van der Waals surface area contributed by atoms with Crippen molar-refractivity contribution in [2.75, 3.05) is 58.6 Å². The van der Waals surface area contributed by atoms with Gasteiger partial charge in [0.1, 0.15) is 34.5 Å². The maximum Gasteiger partial charge on any atom is 0.136 e. The van der Waals surface area contributed by atoms with E-state index in [0.29, 0.717) is 85.5 Å². The number of anilines is 1. The zero-order chi connectivity index (χ0) is 36.3. The molecule has 5 aromatic rings. The highest BCUT2D eigenvalue weighted by Crippen LogP contribution is 2.48. The van der Waals surface area contributed by atoms with Gasteiger partial charge in [0.25, 0.3) is 0 Å². The highest BCUT2D eigenvalue weighted by molar-refractivity contribution is 5.91. The first-order chi connectivity index (χ1) is 24.8. The molecule has 0 aliphatic rings. The van der Waals surface area contributed by atoms with E-state index < -0.39 is 0 Å². The normalized spacial score (nSPS) is 10.8. The van der Waals surface area contributed by atoms with Crippen molar-refractivity contribution in [2.45, 2.75) is 41.5 Å². The summed E-state index contributed by atoms with van der Waals surface area (Å²) in [5.74, 6) is 3.81. The molecule has 0 atom stereocenters. The smallest absolute Gasteiger partial charge is 0.136 e. The summed E-state index contributed by atoms with van der Waals surface area (Å²) in [7, 11) is 4.10. The van der Waals surface area contributed by atoms with Gasteiger partial charge in [-0.1, -0.05) is 36.4 Å². The van der Waals surface area contributed by atoms with Crippen molar-refractivity contribution in [3.05, 3.63) is 84.9 Å². The Morgan fingerprint density at radius 2 is 0.882 bits per heavy atom. The number of aromatic nitrogens is 1. The molecule has 0 amide bonds. The number of hydrogen-bond acceptors (Lipinski definition) is 8. The van der Waals surface area contributed by atoms with Crippen LogP contribution < -0.4 is 33.3 Å². The van der Waals surface area contributed by atoms with E-state index in [2.05, 4.69) is 73.6 Å². The summed E-state index contributed by atoms with van der Waals surface area (Å²) in [6.45, 7) is 14.6. The maximum atomic E-state index is 6.29. The molecule has 0 aliphatic carbocycles. The average molecular weight is 691 g/mol. The van der Waals surface area contributed by atoms with E-state index in [0.717, 1.165) is 39.1 Å². The second-order valence-corrected chi connectivity index (χ2v) is 11.8. The van der Waals surface area contributed by atoms with Crippen LogP contribution in [0.2, 0.25) is 0 Å². The van der Waals surface area contributed by atoms with Gasteiger partial charge >= 0.3 is 0 Å². The lowest BCUT2D eigenvalue weighted by atomic mass is 9.91. The highest BCUT2D eigenvalue weighted by Gasteiger charge is 2.24. The standard InChI is InChI=1S/C43H50N2O6/c1-9-46-32-25-38(48-11-3)42(39(26-32)49-12-4)36-22-30(35-24-31(45(7)8)20-21-34(35)29-18-16-15-17-19-29)23-37(44-36)43-40(50-13-5)27-33(47-10-2)28-41(43)51-14-6/h15-28H,9-14H2,1-8H3. The van der Waals surface area contributed by atoms with Crippen molar-refractivity contribution in [1.29, 1.82) is 0 Å². The van der Waals surface area contributed by atoms with E-state index in [-0.39, 0.29) is 0 Å². The van der Waals surface area contributed by atoms with Gasteiger partial charge < -0.3 is 33.3 Å². The second kappa shape index (κ2) is 17.5. The third-order valence-electron chi connectivity index (χ3n) is 8.15.